The van der Waals surface area contributed by atoms with E-state index in [0.717, 1.165) is 12.1 Å². The summed E-state index contributed by atoms with van der Waals surface area (Å²) in [6.07, 6.45) is 2.49. The summed E-state index contributed by atoms with van der Waals surface area (Å²) >= 11 is 0. The summed E-state index contributed by atoms with van der Waals surface area (Å²) in [6.45, 7) is 0.602. The lowest BCUT2D eigenvalue weighted by atomic mass is 9.97. The highest BCUT2D eigenvalue weighted by Gasteiger charge is 2.25. The van der Waals surface area contributed by atoms with Crippen molar-refractivity contribution < 1.29 is 38.9 Å². The number of hydrogen-bond acceptors (Lipinski definition) is 7. The third kappa shape index (κ3) is 5.46. The summed E-state index contributed by atoms with van der Waals surface area (Å²) in [6, 6.07) is 9.74. The Morgan fingerprint density at radius 1 is 0.900 bits per heavy atom. The van der Waals surface area contributed by atoms with E-state index in [9.17, 15) is 24.0 Å². The van der Waals surface area contributed by atoms with E-state index < -0.39 is 40.4 Å². The lowest BCUT2D eigenvalue weighted by Gasteiger charge is -2.06. The molecule has 0 bridgehead atoms. The lowest BCUT2D eigenvalue weighted by Crippen LogP contribution is -2.21. The molecule has 0 aliphatic carbocycles. The number of carbonyl (C=O) groups excluding carboxylic acids is 3. The first-order chi connectivity index (χ1) is 14.2. The molecule has 0 unspecified atom stereocenters. The van der Waals surface area contributed by atoms with Gasteiger partial charge in [-0.1, -0.05) is 24.3 Å². The maximum Gasteiger partial charge on any atom is 0.377 e. The first kappa shape index (κ1) is 22.2. The molecule has 0 aliphatic rings. The minimum Gasteiger partial charge on any atom is -0.492 e. The maximum atomic E-state index is 12.4. The molecule has 2 rings (SSSR count). The van der Waals surface area contributed by atoms with Crippen molar-refractivity contribution in [3.63, 3.8) is 0 Å². The minimum absolute atomic E-state index is 0.227. The van der Waals surface area contributed by atoms with Gasteiger partial charge < -0.3 is 20.7 Å². The van der Waals surface area contributed by atoms with E-state index in [1.54, 1.807) is 18.2 Å². The zero-order valence-electron chi connectivity index (χ0n) is 15.5. The molecule has 9 nitrogen and oxygen atoms in total. The van der Waals surface area contributed by atoms with Gasteiger partial charge in [-0.3, -0.25) is 14.4 Å². The molecule has 2 aromatic carbocycles. The molecule has 0 radical (unpaired) electrons. The van der Waals surface area contributed by atoms with Crippen LogP contribution < -0.4 is 10.5 Å². The SMILES string of the molecule is NCCOc1cccc(C(=O)/C=C/c2ccc(C(=O)C(=O)O)c(C(=O)C(=O)O)c2)c1. The second-order valence-corrected chi connectivity index (χ2v) is 5.94. The standard InChI is InChI=1S/C21H17NO8/c22-8-9-30-14-3-1-2-13(11-14)17(23)7-5-12-4-6-15(18(24)20(26)27)16(10-12)19(25)21(28)29/h1-7,10-11H,8-9,22H2,(H,26,27)(H,28,29)/b7-5+. The van der Waals surface area contributed by atoms with Gasteiger partial charge in [-0.25, -0.2) is 9.59 Å². The van der Waals surface area contributed by atoms with Crippen molar-refractivity contribution in [2.24, 2.45) is 5.73 Å². The summed E-state index contributed by atoms with van der Waals surface area (Å²) in [5, 5.41) is 17.8. The summed E-state index contributed by atoms with van der Waals surface area (Å²) in [4.78, 5) is 57.9. The molecule has 0 aromatic heterocycles. The van der Waals surface area contributed by atoms with E-state index in [4.69, 9.17) is 20.7 Å². The number of benzene rings is 2. The third-order valence-corrected chi connectivity index (χ3v) is 3.85. The Morgan fingerprint density at radius 3 is 2.20 bits per heavy atom. The molecule has 30 heavy (non-hydrogen) atoms. The van der Waals surface area contributed by atoms with Crippen LogP contribution in [0.5, 0.6) is 5.75 Å². The average Bonchev–Trinajstić information content (AvgIpc) is 2.74. The van der Waals surface area contributed by atoms with Gasteiger partial charge in [0.15, 0.2) is 5.78 Å². The monoisotopic (exact) mass is 411 g/mol. The van der Waals surface area contributed by atoms with Crippen molar-refractivity contribution in [2.45, 2.75) is 0 Å². The fourth-order valence-corrected chi connectivity index (χ4v) is 2.47. The number of ether oxygens (including phenoxy) is 1. The third-order valence-electron chi connectivity index (χ3n) is 3.85. The number of ketones is 3. The molecular formula is C21H17NO8. The number of carboxylic acid groups (broad SMARTS) is 2. The second kappa shape index (κ2) is 9.89. The van der Waals surface area contributed by atoms with E-state index in [1.165, 1.54) is 24.3 Å². The Kier molecular flexibility index (Phi) is 7.32. The van der Waals surface area contributed by atoms with Crippen molar-refractivity contribution in [1.82, 2.24) is 0 Å². The fraction of sp³-hybridized carbons (Fsp3) is 0.0952. The van der Waals surface area contributed by atoms with Crippen LogP contribution in [0.3, 0.4) is 0 Å². The molecular weight excluding hydrogens is 394 g/mol. The van der Waals surface area contributed by atoms with E-state index in [2.05, 4.69) is 0 Å². The van der Waals surface area contributed by atoms with Crippen molar-refractivity contribution in [3.8, 4) is 5.75 Å². The molecule has 154 valence electrons. The van der Waals surface area contributed by atoms with Gasteiger partial charge >= 0.3 is 11.9 Å². The van der Waals surface area contributed by atoms with Crippen LogP contribution in [-0.2, 0) is 9.59 Å². The highest BCUT2D eigenvalue weighted by molar-refractivity contribution is 6.46. The number of aliphatic carboxylic acids is 2. The number of hydrogen-bond donors (Lipinski definition) is 3. The molecule has 2 aromatic rings. The predicted octanol–water partition coefficient (Wildman–Crippen LogP) is 1.45. The lowest BCUT2D eigenvalue weighted by molar-refractivity contribution is -0.132. The smallest absolute Gasteiger partial charge is 0.377 e. The normalized spacial score (nSPS) is 10.6. The largest absolute Gasteiger partial charge is 0.492 e. The number of carboxylic acids is 2. The fourth-order valence-electron chi connectivity index (χ4n) is 2.47. The minimum atomic E-state index is -1.85. The molecule has 0 aliphatic heterocycles. The molecule has 0 amide bonds. The van der Waals surface area contributed by atoms with Crippen molar-refractivity contribution in [2.75, 3.05) is 13.2 Å². The highest BCUT2D eigenvalue weighted by Crippen LogP contribution is 2.17. The zero-order chi connectivity index (χ0) is 22.3. The van der Waals surface area contributed by atoms with E-state index in [1.807, 2.05) is 0 Å². The molecule has 0 atom stereocenters. The molecule has 4 N–H and O–H groups in total. The average molecular weight is 411 g/mol. The number of Topliss-reactive ketones (excluding diaryl/α,β-unsaturated/α-hetero) is 2. The van der Waals surface area contributed by atoms with Crippen molar-refractivity contribution in [1.29, 1.82) is 0 Å². The first-order valence-corrected chi connectivity index (χ1v) is 8.59. The summed E-state index contributed by atoms with van der Waals surface area (Å²) in [5.41, 5.74) is 4.78. The molecule has 0 spiro atoms. The van der Waals surface area contributed by atoms with Gasteiger partial charge in [0, 0.05) is 23.2 Å². The quantitative estimate of drug-likeness (QED) is 0.298. The van der Waals surface area contributed by atoms with E-state index >= 15 is 0 Å². The summed E-state index contributed by atoms with van der Waals surface area (Å²) in [7, 11) is 0. The van der Waals surface area contributed by atoms with Crippen LogP contribution in [0, 0.1) is 0 Å². The first-order valence-electron chi connectivity index (χ1n) is 8.59. The Hall–Kier alpha value is -4.11. The molecule has 0 saturated heterocycles. The van der Waals surface area contributed by atoms with Crippen LogP contribution in [0.4, 0.5) is 0 Å². The zero-order valence-corrected chi connectivity index (χ0v) is 15.5. The number of carbonyl (C=O) groups is 5. The molecule has 0 saturated carbocycles. The topological polar surface area (TPSA) is 161 Å². The maximum absolute atomic E-state index is 12.4. The van der Waals surface area contributed by atoms with Crippen molar-refractivity contribution in [3.05, 3.63) is 70.8 Å². The van der Waals surface area contributed by atoms with Gasteiger partial charge in [0.05, 0.1) is 0 Å². The Morgan fingerprint density at radius 2 is 1.57 bits per heavy atom. The predicted molar refractivity (Wildman–Crippen MR) is 105 cm³/mol. The second-order valence-electron chi connectivity index (χ2n) is 5.94. The van der Waals surface area contributed by atoms with Gasteiger partial charge in [-0.2, -0.15) is 0 Å². The molecule has 0 heterocycles. The van der Waals surface area contributed by atoms with Crippen LogP contribution in [0.2, 0.25) is 0 Å². The highest BCUT2D eigenvalue weighted by atomic mass is 16.5. The molecule has 0 fully saturated rings. The van der Waals surface area contributed by atoms with Crippen LogP contribution >= 0.6 is 0 Å². The number of rotatable bonds is 10. The summed E-state index contributed by atoms with van der Waals surface area (Å²) in [5.74, 6) is -6.47. The Labute approximate surface area is 170 Å². The Bertz CT molecular complexity index is 1050. The molecule has 9 heteroatoms. The van der Waals surface area contributed by atoms with Crippen LogP contribution in [0.15, 0.2) is 48.5 Å². The van der Waals surface area contributed by atoms with E-state index in [0.29, 0.717) is 17.9 Å². The van der Waals surface area contributed by atoms with Gasteiger partial charge in [-0.05, 0) is 35.9 Å². The number of allylic oxidation sites excluding steroid dienone is 1. The van der Waals surface area contributed by atoms with Gasteiger partial charge in [0.2, 0.25) is 0 Å². The van der Waals surface area contributed by atoms with Gasteiger partial charge in [0.25, 0.3) is 11.6 Å². The summed E-state index contributed by atoms with van der Waals surface area (Å²) < 4.78 is 5.35. The Balaban J connectivity index is 2.32. The van der Waals surface area contributed by atoms with Crippen LogP contribution in [-0.4, -0.2) is 52.7 Å². The van der Waals surface area contributed by atoms with Crippen LogP contribution in [0.1, 0.15) is 36.6 Å². The van der Waals surface area contributed by atoms with Crippen molar-refractivity contribution >= 4 is 35.4 Å². The van der Waals surface area contributed by atoms with Crippen LogP contribution in [0.25, 0.3) is 6.08 Å². The van der Waals surface area contributed by atoms with Gasteiger partial charge in [-0.15, -0.1) is 0 Å². The van der Waals surface area contributed by atoms with E-state index in [-0.39, 0.29) is 12.2 Å². The number of nitrogens with two attached hydrogens (primary N) is 1. The van der Waals surface area contributed by atoms with Gasteiger partial charge in [0.1, 0.15) is 12.4 Å².